The average molecular weight is 268 g/mol. The molecule has 1 aliphatic carbocycles. The van der Waals surface area contributed by atoms with Crippen LogP contribution in [0.3, 0.4) is 0 Å². The van der Waals surface area contributed by atoms with Gasteiger partial charge in [0.1, 0.15) is 5.54 Å². The van der Waals surface area contributed by atoms with Crippen LogP contribution in [0.1, 0.15) is 45.4 Å². The summed E-state index contributed by atoms with van der Waals surface area (Å²) in [4.78, 5) is 0. The summed E-state index contributed by atoms with van der Waals surface area (Å²) in [5.41, 5.74) is -0.237. The van der Waals surface area contributed by atoms with Gasteiger partial charge in [-0.1, -0.05) is 6.92 Å². The van der Waals surface area contributed by atoms with E-state index in [1.807, 2.05) is 0 Å². The van der Waals surface area contributed by atoms with Crippen molar-refractivity contribution in [1.29, 1.82) is 5.26 Å². The van der Waals surface area contributed by atoms with Gasteiger partial charge in [-0.25, -0.2) is 0 Å². The van der Waals surface area contributed by atoms with E-state index in [4.69, 9.17) is 4.74 Å². The van der Waals surface area contributed by atoms with Crippen LogP contribution in [0.15, 0.2) is 0 Å². The number of rotatable bonds is 5. The first kappa shape index (κ1) is 14.2. The molecule has 0 radical (unpaired) electrons. The van der Waals surface area contributed by atoms with E-state index >= 15 is 0 Å². The Balaban J connectivity index is 1.80. The Morgan fingerprint density at radius 1 is 1.33 bits per heavy atom. The molecule has 0 spiro atoms. The van der Waals surface area contributed by atoms with E-state index in [9.17, 15) is 5.26 Å². The highest BCUT2D eigenvalue weighted by molar-refractivity contribution is 8.00. The van der Waals surface area contributed by atoms with Crippen LogP contribution >= 0.6 is 11.8 Å². The molecule has 18 heavy (non-hydrogen) atoms. The monoisotopic (exact) mass is 268 g/mol. The number of ether oxygens (including phenoxy) is 1. The molecule has 2 fully saturated rings. The van der Waals surface area contributed by atoms with Gasteiger partial charge in [0.05, 0.1) is 6.07 Å². The molecule has 0 bridgehead atoms. The van der Waals surface area contributed by atoms with Gasteiger partial charge in [-0.15, -0.1) is 0 Å². The molecule has 0 amide bonds. The Morgan fingerprint density at radius 3 is 2.78 bits per heavy atom. The van der Waals surface area contributed by atoms with Gasteiger partial charge in [0.2, 0.25) is 0 Å². The first-order valence-electron chi connectivity index (χ1n) is 7.17. The van der Waals surface area contributed by atoms with Gasteiger partial charge in [-0.3, -0.25) is 5.32 Å². The summed E-state index contributed by atoms with van der Waals surface area (Å²) in [7, 11) is 0. The minimum absolute atomic E-state index is 0.237. The maximum absolute atomic E-state index is 9.43. The number of hydrogen-bond donors (Lipinski definition) is 1. The van der Waals surface area contributed by atoms with Gasteiger partial charge < -0.3 is 4.74 Å². The Labute approximate surface area is 115 Å². The molecular weight excluding hydrogens is 244 g/mol. The van der Waals surface area contributed by atoms with Crippen LogP contribution in [-0.4, -0.2) is 35.8 Å². The fraction of sp³-hybridized carbons (Fsp3) is 0.929. The number of hydrogen-bond acceptors (Lipinski definition) is 4. The third kappa shape index (κ3) is 3.63. The molecule has 0 aromatic carbocycles. The summed E-state index contributed by atoms with van der Waals surface area (Å²) in [6, 6.07) is 2.53. The molecule has 1 N–H and O–H groups in total. The zero-order chi connectivity index (χ0) is 12.8. The van der Waals surface area contributed by atoms with Gasteiger partial charge >= 0.3 is 0 Å². The van der Waals surface area contributed by atoms with Gasteiger partial charge in [0.15, 0.2) is 0 Å². The minimum atomic E-state index is -0.237. The first-order chi connectivity index (χ1) is 8.78. The molecular formula is C14H24N2OS. The highest BCUT2D eigenvalue weighted by atomic mass is 32.2. The second kappa shape index (κ2) is 6.79. The molecule has 2 atom stereocenters. The molecule has 102 valence electrons. The molecule has 1 heterocycles. The van der Waals surface area contributed by atoms with Gasteiger partial charge in [-0.2, -0.15) is 17.0 Å². The van der Waals surface area contributed by atoms with Gasteiger partial charge in [-0.05, 0) is 45.1 Å². The number of nitriles is 1. The quantitative estimate of drug-likeness (QED) is 0.832. The van der Waals surface area contributed by atoms with E-state index in [1.165, 1.54) is 19.3 Å². The normalized spacial score (nSPS) is 33.4. The summed E-state index contributed by atoms with van der Waals surface area (Å²) in [5.74, 6) is 0. The summed E-state index contributed by atoms with van der Waals surface area (Å²) in [6.07, 6.45) is 6.69. The minimum Gasteiger partial charge on any atom is -0.381 e. The van der Waals surface area contributed by atoms with E-state index < -0.39 is 0 Å². The van der Waals surface area contributed by atoms with E-state index in [2.05, 4.69) is 30.1 Å². The van der Waals surface area contributed by atoms with Crippen LogP contribution in [0.25, 0.3) is 0 Å². The SMILES string of the molecule is CCCNC1(C#N)CCC(SC2CCOCC2)C1. The van der Waals surface area contributed by atoms with Crippen LogP contribution in [-0.2, 0) is 4.74 Å². The summed E-state index contributed by atoms with van der Waals surface area (Å²) >= 11 is 2.11. The molecule has 4 heteroatoms. The molecule has 1 saturated heterocycles. The highest BCUT2D eigenvalue weighted by Crippen LogP contribution is 2.40. The molecule has 3 nitrogen and oxygen atoms in total. The molecule has 1 aliphatic heterocycles. The second-order valence-corrected chi connectivity index (χ2v) is 7.04. The maximum Gasteiger partial charge on any atom is 0.107 e. The lowest BCUT2D eigenvalue weighted by molar-refractivity contribution is 0.0999. The molecule has 2 rings (SSSR count). The lowest BCUT2D eigenvalue weighted by atomic mass is 10.00. The predicted octanol–water partition coefficient (Wildman–Crippen LogP) is 2.71. The van der Waals surface area contributed by atoms with E-state index in [1.54, 1.807) is 0 Å². The largest absolute Gasteiger partial charge is 0.381 e. The predicted molar refractivity (Wildman–Crippen MR) is 75.7 cm³/mol. The smallest absolute Gasteiger partial charge is 0.107 e. The number of thioether (sulfide) groups is 1. The Bertz CT molecular complexity index is 299. The van der Waals surface area contributed by atoms with Gasteiger partial charge in [0, 0.05) is 23.7 Å². The molecule has 0 aromatic heterocycles. The molecule has 2 aliphatic rings. The van der Waals surface area contributed by atoms with Crippen molar-refractivity contribution in [1.82, 2.24) is 5.32 Å². The standard InChI is InChI=1S/C14H24N2OS/c1-2-7-16-14(11-15)6-3-13(10-14)18-12-4-8-17-9-5-12/h12-13,16H,2-10H2,1H3. The van der Waals surface area contributed by atoms with Crippen LogP contribution in [0.4, 0.5) is 0 Å². The Morgan fingerprint density at radius 2 is 2.11 bits per heavy atom. The third-order valence-electron chi connectivity index (χ3n) is 3.95. The third-order valence-corrected chi connectivity index (χ3v) is 5.59. The van der Waals surface area contributed by atoms with E-state index in [0.29, 0.717) is 5.25 Å². The topological polar surface area (TPSA) is 45.0 Å². The zero-order valence-corrected chi connectivity index (χ0v) is 12.1. The van der Waals surface area contributed by atoms with Crippen molar-refractivity contribution in [2.24, 2.45) is 0 Å². The van der Waals surface area contributed by atoms with Crippen LogP contribution in [0, 0.1) is 11.3 Å². The van der Waals surface area contributed by atoms with Crippen molar-refractivity contribution in [3.05, 3.63) is 0 Å². The van der Waals surface area contributed by atoms with Crippen LogP contribution < -0.4 is 5.32 Å². The Kier molecular flexibility index (Phi) is 5.35. The van der Waals surface area contributed by atoms with Crippen molar-refractivity contribution in [2.45, 2.75) is 61.5 Å². The summed E-state index contributed by atoms with van der Waals surface area (Å²) in [6.45, 7) is 4.95. The van der Waals surface area contributed by atoms with Crippen molar-refractivity contribution >= 4 is 11.8 Å². The lowest BCUT2D eigenvalue weighted by Crippen LogP contribution is -2.42. The fourth-order valence-corrected chi connectivity index (χ4v) is 4.51. The molecule has 0 aromatic rings. The van der Waals surface area contributed by atoms with E-state index in [0.717, 1.165) is 44.3 Å². The average Bonchev–Trinajstić information content (AvgIpc) is 2.82. The van der Waals surface area contributed by atoms with Gasteiger partial charge in [0.25, 0.3) is 0 Å². The van der Waals surface area contributed by atoms with Crippen molar-refractivity contribution in [2.75, 3.05) is 19.8 Å². The lowest BCUT2D eigenvalue weighted by Gasteiger charge is -2.26. The number of nitrogens with zero attached hydrogens (tertiary/aromatic N) is 1. The second-order valence-electron chi connectivity index (χ2n) is 5.43. The Hall–Kier alpha value is -0.240. The fourth-order valence-electron chi connectivity index (χ4n) is 2.87. The summed E-state index contributed by atoms with van der Waals surface area (Å²) < 4.78 is 5.40. The summed E-state index contributed by atoms with van der Waals surface area (Å²) in [5, 5.41) is 14.3. The maximum atomic E-state index is 9.43. The molecule has 2 unspecified atom stereocenters. The molecule has 1 saturated carbocycles. The van der Waals surface area contributed by atoms with Crippen molar-refractivity contribution in [3.8, 4) is 6.07 Å². The van der Waals surface area contributed by atoms with Crippen molar-refractivity contribution < 1.29 is 4.74 Å². The first-order valence-corrected chi connectivity index (χ1v) is 8.12. The van der Waals surface area contributed by atoms with E-state index in [-0.39, 0.29) is 5.54 Å². The highest BCUT2D eigenvalue weighted by Gasteiger charge is 2.39. The van der Waals surface area contributed by atoms with Crippen LogP contribution in [0.2, 0.25) is 0 Å². The number of nitrogens with one attached hydrogen (secondary N) is 1. The zero-order valence-electron chi connectivity index (χ0n) is 11.3. The van der Waals surface area contributed by atoms with Crippen molar-refractivity contribution in [3.63, 3.8) is 0 Å². The van der Waals surface area contributed by atoms with Crippen LogP contribution in [0.5, 0.6) is 0 Å².